The first-order valence-electron chi connectivity index (χ1n) is 9.48. The number of hydrogen-bond acceptors (Lipinski definition) is 1. The maximum Gasteiger partial charge on any atom is 0.416 e. The van der Waals surface area contributed by atoms with E-state index < -0.39 is 29.6 Å². The smallest absolute Gasteiger partial charge is 0.373 e. The molecule has 0 radical (unpaired) electrons. The summed E-state index contributed by atoms with van der Waals surface area (Å²) >= 11 is 0. The molecule has 1 aliphatic rings. The Balaban J connectivity index is 1.85. The summed E-state index contributed by atoms with van der Waals surface area (Å²) in [4.78, 5) is 0. The summed E-state index contributed by atoms with van der Waals surface area (Å²) < 4.78 is 84.5. The van der Waals surface area contributed by atoms with E-state index in [2.05, 4.69) is 0 Å². The van der Waals surface area contributed by atoms with E-state index in [9.17, 15) is 26.3 Å². The minimum absolute atomic E-state index is 0.131. The van der Waals surface area contributed by atoms with E-state index in [0.29, 0.717) is 0 Å². The minimum atomic E-state index is -4.87. The molecule has 0 aromatic heterocycles. The fourth-order valence-corrected chi connectivity index (χ4v) is 3.95. The second-order valence-electron chi connectivity index (χ2n) is 7.65. The summed E-state index contributed by atoms with van der Waals surface area (Å²) in [6.45, 7) is 1.74. The van der Waals surface area contributed by atoms with Crippen LogP contribution in [-0.4, -0.2) is 6.61 Å². The molecule has 7 heteroatoms. The normalized spacial score (nSPS) is 18.0. The molecule has 0 bridgehead atoms. The summed E-state index contributed by atoms with van der Waals surface area (Å²) in [6.07, 6.45) is -6.87. The zero-order chi connectivity index (χ0) is 21.3. The zero-order valence-electron chi connectivity index (χ0n) is 15.9. The first-order chi connectivity index (χ1) is 13.5. The van der Waals surface area contributed by atoms with Crippen molar-refractivity contribution in [3.05, 3.63) is 70.8 Å². The Morgan fingerprint density at radius 3 is 1.86 bits per heavy atom. The maximum atomic E-state index is 13.1. The summed E-state index contributed by atoms with van der Waals surface area (Å²) in [5, 5.41) is 0. The third-order valence-corrected chi connectivity index (χ3v) is 5.64. The van der Waals surface area contributed by atoms with Crippen molar-refractivity contribution in [3.63, 3.8) is 0 Å². The van der Waals surface area contributed by atoms with Crippen molar-refractivity contribution >= 4 is 0 Å². The average molecular weight is 416 g/mol. The maximum absolute atomic E-state index is 13.1. The van der Waals surface area contributed by atoms with Crippen molar-refractivity contribution in [2.45, 2.75) is 56.5 Å². The summed E-state index contributed by atoms with van der Waals surface area (Å²) in [6, 6.07) is 11.3. The van der Waals surface area contributed by atoms with Gasteiger partial charge in [-0.25, -0.2) is 0 Å². The van der Waals surface area contributed by atoms with E-state index in [-0.39, 0.29) is 23.7 Å². The molecular formula is C22H22F6O. The summed E-state index contributed by atoms with van der Waals surface area (Å²) in [5.41, 5.74) is -1.95. The van der Waals surface area contributed by atoms with Gasteiger partial charge in [0.05, 0.1) is 23.8 Å². The summed E-state index contributed by atoms with van der Waals surface area (Å²) in [7, 11) is 0. The van der Waals surface area contributed by atoms with Crippen LogP contribution in [0.2, 0.25) is 0 Å². The topological polar surface area (TPSA) is 9.23 Å². The molecule has 3 rings (SSSR count). The quantitative estimate of drug-likeness (QED) is 0.464. The van der Waals surface area contributed by atoms with Crippen LogP contribution in [0.5, 0.6) is 0 Å². The average Bonchev–Trinajstić information content (AvgIpc) is 3.15. The molecular weight excluding hydrogens is 394 g/mol. The monoisotopic (exact) mass is 416 g/mol. The largest absolute Gasteiger partial charge is 0.416 e. The van der Waals surface area contributed by atoms with E-state index in [0.717, 1.165) is 43.4 Å². The van der Waals surface area contributed by atoms with Crippen LogP contribution in [0.4, 0.5) is 26.3 Å². The van der Waals surface area contributed by atoms with Crippen molar-refractivity contribution in [1.82, 2.24) is 0 Å². The number of alkyl halides is 6. The predicted octanol–water partition coefficient (Wildman–Crippen LogP) is 7.31. The lowest BCUT2D eigenvalue weighted by atomic mass is 9.79. The Hall–Kier alpha value is -2.02. The second-order valence-corrected chi connectivity index (χ2v) is 7.65. The highest BCUT2D eigenvalue weighted by Crippen LogP contribution is 2.43. The van der Waals surface area contributed by atoms with Gasteiger partial charge in [-0.1, -0.05) is 43.2 Å². The number of rotatable bonds is 5. The fraction of sp³-hybridized carbons (Fsp3) is 0.455. The molecule has 1 fully saturated rings. The molecule has 0 spiro atoms. The molecule has 0 amide bonds. The molecule has 1 aliphatic carbocycles. The Bertz CT molecular complexity index is 787. The zero-order valence-corrected chi connectivity index (χ0v) is 15.9. The van der Waals surface area contributed by atoms with Gasteiger partial charge in [0.15, 0.2) is 0 Å². The van der Waals surface area contributed by atoms with Gasteiger partial charge in [-0.3, -0.25) is 0 Å². The summed E-state index contributed by atoms with van der Waals surface area (Å²) in [5.74, 6) is 0. The van der Waals surface area contributed by atoms with Gasteiger partial charge in [0.2, 0.25) is 0 Å². The van der Waals surface area contributed by atoms with E-state index in [4.69, 9.17) is 4.74 Å². The van der Waals surface area contributed by atoms with Gasteiger partial charge < -0.3 is 4.74 Å². The third kappa shape index (κ3) is 4.94. The van der Waals surface area contributed by atoms with Gasteiger partial charge in [0, 0.05) is 5.41 Å². The number of ether oxygens (including phenoxy) is 1. The first-order valence-corrected chi connectivity index (χ1v) is 9.48. The minimum Gasteiger partial charge on any atom is -0.373 e. The van der Waals surface area contributed by atoms with Crippen LogP contribution in [-0.2, 0) is 22.5 Å². The number of benzene rings is 2. The van der Waals surface area contributed by atoms with Crippen LogP contribution < -0.4 is 0 Å². The van der Waals surface area contributed by atoms with E-state index in [1.807, 2.05) is 30.3 Å². The van der Waals surface area contributed by atoms with Gasteiger partial charge in [-0.05, 0) is 49.1 Å². The lowest BCUT2D eigenvalue weighted by Crippen LogP contribution is -2.29. The Morgan fingerprint density at radius 1 is 0.862 bits per heavy atom. The van der Waals surface area contributed by atoms with Crippen LogP contribution in [0.3, 0.4) is 0 Å². The molecule has 0 heterocycles. The van der Waals surface area contributed by atoms with Crippen molar-refractivity contribution in [2.75, 3.05) is 6.61 Å². The molecule has 2 aromatic carbocycles. The van der Waals surface area contributed by atoms with Crippen LogP contribution in [0.25, 0.3) is 0 Å². The lowest BCUT2D eigenvalue weighted by Gasteiger charge is -2.31. The third-order valence-electron chi connectivity index (χ3n) is 5.64. The predicted molar refractivity (Wildman–Crippen MR) is 97.4 cm³/mol. The van der Waals surface area contributed by atoms with Gasteiger partial charge in [-0.15, -0.1) is 0 Å². The highest BCUT2D eigenvalue weighted by atomic mass is 19.4. The highest BCUT2D eigenvalue weighted by molar-refractivity contribution is 5.35. The van der Waals surface area contributed by atoms with E-state index in [1.54, 1.807) is 0 Å². The number of halogens is 6. The molecule has 29 heavy (non-hydrogen) atoms. The molecule has 2 aromatic rings. The highest BCUT2D eigenvalue weighted by Gasteiger charge is 2.39. The Labute approximate surface area is 165 Å². The molecule has 0 saturated heterocycles. The van der Waals surface area contributed by atoms with Gasteiger partial charge in [0.1, 0.15) is 0 Å². The fourth-order valence-electron chi connectivity index (χ4n) is 3.95. The van der Waals surface area contributed by atoms with Gasteiger partial charge >= 0.3 is 12.4 Å². The van der Waals surface area contributed by atoms with E-state index in [1.165, 1.54) is 6.92 Å². The van der Waals surface area contributed by atoms with Crippen LogP contribution in [0.15, 0.2) is 48.5 Å². The van der Waals surface area contributed by atoms with Crippen LogP contribution >= 0.6 is 0 Å². The van der Waals surface area contributed by atoms with Gasteiger partial charge in [0.25, 0.3) is 0 Å². The molecule has 1 atom stereocenters. The number of hydrogen-bond donors (Lipinski definition) is 0. The molecule has 158 valence electrons. The van der Waals surface area contributed by atoms with Crippen LogP contribution in [0.1, 0.15) is 61.0 Å². The van der Waals surface area contributed by atoms with Crippen molar-refractivity contribution in [2.24, 2.45) is 0 Å². The SMILES string of the molecule is C[C@@H](OCC1(c2ccccc2)CCCC1)c1cc(C(F)(F)F)cc(C(F)(F)F)c1. The second kappa shape index (κ2) is 8.01. The van der Waals surface area contributed by atoms with Crippen molar-refractivity contribution in [1.29, 1.82) is 0 Å². The molecule has 0 unspecified atom stereocenters. The molecule has 1 saturated carbocycles. The molecule has 0 N–H and O–H groups in total. The van der Waals surface area contributed by atoms with Crippen molar-refractivity contribution < 1.29 is 31.1 Å². The Kier molecular flexibility index (Phi) is 5.99. The first kappa shape index (κ1) is 21.7. The standard InChI is InChI=1S/C22H22F6O/c1-15(16-11-18(21(23,24)25)13-19(12-16)22(26,27)28)29-14-20(9-5-6-10-20)17-7-3-2-4-8-17/h2-4,7-8,11-13,15H,5-6,9-10,14H2,1H3/t15-/m1/s1. The molecule has 0 aliphatic heterocycles. The van der Waals surface area contributed by atoms with Crippen molar-refractivity contribution in [3.8, 4) is 0 Å². The van der Waals surface area contributed by atoms with Gasteiger partial charge in [-0.2, -0.15) is 26.3 Å². The van der Waals surface area contributed by atoms with E-state index >= 15 is 0 Å². The molecule has 1 nitrogen and oxygen atoms in total. The Morgan fingerprint density at radius 2 is 1.38 bits per heavy atom. The lowest BCUT2D eigenvalue weighted by molar-refractivity contribution is -0.143. The van der Waals surface area contributed by atoms with Crippen LogP contribution in [0, 0.1) is 0 Å².